The number of hydrogen-bond donors (Lipinski definition) is 0. The van der Waals surface area contributed by atoms with E-state index in [4.69, 9.17) is 0 Å². The predicted octanol–water partition coefficient (Wildman–Crippen LogP) is 14.1. The molecule has 0 amide bonds. The summed E-state index contributed by atoms with van der Waals surface area (Å²) in [4.78, 5) is 0. The molecule has 0 fully saturated rings. The van der Waals surface area contributed by atoms with Gasteiger partial charge in [-0.2, -0.15) is 6.08 Å². The minimum absolute atomic E-state index is 0.0554. The topological polar surface area (TPSA) is 0 Å². The Morgan fingerprint density at radius 2 is 0.944 bits per heavy atom. The van der Waals surface area contributed by atoms with Gasteiger partial charge in [-0.1, -0.05) is 114 Å². The molecule has 0 aliphatic heterocycles. The van der Waals surface area contributed by atoms with Crippen LogP contribution in [-0.2, 0) is 47.9 Å². The van der Waals surface area contributed by atoms with E-state index < -0.39 is 0 Å². The third kappa shape index (κ3) is 10.1. The van der Waals surface area contributed by atoms with E-state index in [1.54, 1.807) is 27.4 Å². The van der Waals surface area contributed by atoms with Crippen LogP contribution in [0.4, 0.5) is 0 Å². The van der Waals surface area contributed by atoms with Crippen LogP contribution in [-0.4, -0.2) is 3.21 Å². The number of benzene rings is 6. The molecule has 7 aromatic rings. The minimum atomic E-state index is 0.0554. The van der Waals surface area contributed by atoms with Crippen LogP contribution in [0.15, 0.2) is 170 Å². The van der Waals surface area contributed by atoms with E-state index in [9.17, 15) is 0 Å². The van der Waals surface area contributed by atoms with Gasteiger partial charge in [-0.25, -0.2) is 12.2 Å². The Morgan fingerprint density at radius 3 is 1.26 bits per heavy atom. The van der Waals surface area contributed by atoms with Gasteiger partial charge < -0.3 is 0 Å². The summed E-state index contributed by atoms with van der Waals surface area (Å²) in [6.07, 6.45) is 12.2. The van der Waals surface area contributed by atoms with E-state index >= 15 is 0 Å². The molecular formula is C53H52Zr. The Balaban J connectivity index is 0.000000195. The van der Waals surface area contributed by atoms with Crippen LogP contribution in [0, 0.1) is 6.08 Å². The van der Waals surface area contributed by atoms with Gasteiger partial charge in [0.2, 0.25) is 0 Å². The molecule has 0 aromatic heterocycles. The summed E-state index contributed by atoms with van der Waals surface area (Å²) < 4.78 is 1.60. The summed E-state index contributed by atoms with van der Waals surface area (Å²) in [6, 6.07) is 55.1. The summed E-state index contributed by atoms with van der Waals surface area (Å²) in [5.41, 5.74) is 11.0. The Hall–Kier alpha value is -4.58. The van der Waals surface area contributed by atoms with Crippen molar-refractivity contribution in [3.63, 3.8) is 0 Å². The standard InChI is InChI=1S/C33H33.C15H14.C5H5.Zr/c1-32(2,3)30-20-26-24(18-28(30)22-13-9-7-10-14-22)17-25-19-29(23-15-11-8-12-16-23)31(21-27(25)26)33(4,5)6;1-3-8-14(9-4-1)12-7-13-15-10-5-2-6-11-15;1-2-4-5-3-1;/h7-21H,1-6H3;1-6,8-11H,12-13H2;1-3H,4H2;/q-1;;-1;+2. The van der Waals surface area contributed by atoms with Gasteiger partial charge in [0.15, 0.2) is 0 Å². The van der Waals surface area contributed by atoms with E-state index in [2.05, 4.69) is 205 Å². The summed E-state index contributed by atoms with van der Waals surface area (Å²) in [5, 5.41) is 5.36. The van der Waals surface area contributed by atoms with Crippen LogP contribution in [0.3, 0.4) is 0 Å². The second kappa shape index (κ2) is 17.7. The average Bonchev–Trinajstić information content (AvgIpc) is 3.87. The Morgan fingerprint density at radius 1 is 0.556 bits per heavy atom. The van der Waals surface area contributed by atoms with Crippen molar-refractivity contribution in [3.8, 4) is 22.3 Å². The number of rotatable bonds is 6. The monoisotopic (exact) mass is 778 g/mol. The maximum atomic E-state index is 2.99. The zero-order valence-electron chi connectivity index (χ0n) is 32.8. The zero-order valence-corrected chi connectivity index (χ0v) is 35.2. The van der Waals surface area contributed by atoms with Crippen molar-refractivity contribution in [1.29, 1.82) is 0 Å². The maximum absolute atomic E-state index is 2.99. The van der Waals surface area contributed by atoms with E-state index in [1.807, 2.05) is 12.2 Å². The van der Waals surface area contributed by atoms with Crippen LogP contribution in [0.25, 0.3) is 43.8 Å². The predicted molar refractivity (Wildman–Crippen MR) is 232 cm³/mol. The first-order chi connectivity index (χ1) is 26.0. The molecule has 0 radical (unpaired) electrons. The van der Waals surface area contributed by atoms with Crippen LogP contribution in [0.5, 0.6) is 0 Å². The molecule has 1 aliphatic carbocycles. The Kier molecular flexibility index (Phi) is 12.8. The fourth-order valence-electron chi connectivity index (χ4n) is 7.15. The fraction of sp³-hybridized carbons (Fsp3) is 0.208. The molecule has 54 heavy (non-hydrogen) atoms. The first-order valence-electron chi connectivity index (χ1n) is 19.2. The molecular weight excluding hydrogens is 728 g/mol. The molecule has 8 rings (SSSR count). The van der Waals surface area contributed by atoms with Gasteiger partial charge in [0.05, 0.1) is 0 Å². The fourth-order valence-corrected chi connectivity index (χ4v) is 8.15. The zero-order chi connectivity index (χ0) is 38.1. The molecule has 0 nitrogen and oxygen atoms in total. The van der Waals surface area contributed by atoms with Crippen molar-refractivity contribution >= 4 is 24.8 Å². The summed E-state index contributed by atoms with van der Waals surface area (Å²) in [5.74, 6) is 0. The average molecular weight is 780 g/mol. The van der Waals surface area contributed by atoms with E-state index in [1.165, 1.54) is 66.1 Å². The van der Waals surface area contributed by atoms with Crippen molar-refractivity contribution in [2.24, 2.45) is 0 Å². The van der Waals surface area contributed by atoms with Gasteiger partial charge in [-0.3, -0.25) is 6.08 Å². The van der Waals surface area contributed by atoms with Crippen LogP contribution < -0.4 is 0 Å². The van der Waals surface area contributed by atoms with Crippen LogP contribution in [0.2, 0.25) is 0 Å². The molecule has 0 saturated heterocycles. The van der Waals surface area contributed by atoms with Crippen LogP contribution >= 0.6 is 0 Å². The molecule has 0 heterocycles. The molecule has 268 valence electrons. The number of hydrogen-bond acceptors (Lipinski definition) is 0. The molecule has 1 aliphatic rings. The molecule has 0 spiro atoms. The Labute approximate surface area is 339 Å². The summed E-state index contributed by atoms with van der Waals surface area (Å²) in [6.45, 7) is 13.9. The molecule has 1 heteroatoms. The SMILES string of the molecule is CC(C)(C)c1cc2c(cc1-c1ccccc1)[cH-]c1cc(-c3ccccc3)c(C(C)(C)C)cc12.[C-]1=CC=CC1.[Zr+2]=[C](Cc1ccccc1)Cc1ccccc1. The molecule has 0 N–H and O–H groups in total. The van der Waals surface area contributed by atoms with E-state index in [0.29, 0.717) is 0 Å². The molecule has 7 aromatic carbocycles. The normalized spacial score (nSPS) is 12.3. The first-order valence-corrected chi connectivity index (χ1v) is 20.4. The van der Waals surface area contributed by atoms with E-state index in [0.717, 1.165) is 19.3 Å². The van der Waals surface area contributed by atoms with Gasteiger partial charge in [-0.05, 0) is 44.2 Å². The Bertz CT molecular complexity index is 2180. The van der Waals surface area contributed by atoms with Gasteiger partial charge in [-0.15, -0.1) is 46.2 Å². The van der Waals surface area contributed by atoms with Crippen molar-refractivity contribution in [3.05, 3.63) is 198 Å². The molecule has 0 unspecified atom stereocenters. The third-order valence-electron chi connectivity index (χ3n) is 9.87. The van der Waals surface area contributed by atoms with Gasteiger partial charge in [0.25, 0.3) is 0 Å². The first kappa shape index (κ1) is 39.1. The second-order valence-corrected chi connectivity index (χ2v) is 18.0. The second-order valence-electron chi connectivity index (χ2n) is 16.3. The molecule has 0 atom stereocenters. The van der Waals surface area contributed by atoms with Crippen molar-refractivity contribution in [2.45, 2.75) is 71.6 Å². The van der Waals surface area contributed by atoms with Crippen LogP contribution in [0.1, 0.15) is 70.2 Å². The van der Waals surface area contributed by atoms with Crippen molar-refractivity contribution in [1.82, 2.24) is 0 Å². The van der Waals surface area contributed by atoms with Gasteiger partial charge in [0, 0.05) is 0 Å². The third-order valence-corrected chi connectivity index (χ3v) is 10.7. The summed E-state index contributed by atoms with van der Waals surface area (Å²) in [7, 11) is 0. The van der Waals surface area contributed by atoms with Crippen molar-refractivity contribution in [2.75, 3.05) is 0 Å². The number of fused-ring (bicyclic) bond motifs is 3. The molecule has 0 bridgehead atoms. The van der Waals surface area contributed by atoms with E-state index in [-0.39, 0.29) is 10.8 Å². The quantitative estimate of drug-likeness (QED) is 0.148. The van der Waals surface area contributed by atoms with Gasteiger partial charge in [0.1, 0.15) is 0 Å². The van der Waals surface area contributed by atoms with Crippen molar-refractivity contribution < 1.29 is 24.2 Å². The molecule has 0 saturated carbocycles. The van der Waals surface area contributed by atoms with Gasteiger partial charge >= 0.3 is 112 Å². The summed E-state index contributed by atoms with van der Waals surface area (Å²) >= 11 is 1.55. The number of allylic oxidation sites excluding steroid dienone is 4.